The van der Waals surface area contributed by atoms with Gasteiger partial charge in [-0.15, -0.1) is 0 Å². The molecule has 1 saturated heterocycles. The minimum Gasteiger partial charge on any atom is -0.464 e. The highest BCUT2D eigenvalue weighted by molar-refractivity contribution is 5.88. The second kappa shape index (κ2) is 5.07. The van der Waals surface area contributed by atoms with E-state index in [1.165, 1.54) is 0 Å². The van der Waals surface area contributed by atoms with Gasteiger partial charge in [0.25, 0.3) is 0 Å². The minimum atomic E-state index is 0.0706. The van der Waals surface area contributed by atoms with Crippen LogP contribution in [0.4, 0.5) is 5.82 Å². The first-order chi connectivity index (χ1) is 9.62. The molecular formula is C15H22N4O. The van der Waals surface area contributed by atoms with E-state index in [4.69, 9.17) is 10.2 Å². The van der Waals surface area contributed by atoms with Gasteiger partial charge in [0.05, 0.1) is 11.6 Å². The number of aromatic nitrogens is 1. The van der Waals surface area contributed by atoms with Crippen molar-refractivity contribution in [2.75, 3.05) is 37.6 Å². The molecule has 2 aromatic heterocycles. The summed E-state index contributed by atoms with van der Waals surface area (Å²) in [7, 11) is 0. The quantitative estimate of drug-likeness (QED) is 0.923. The summed E-state index contributed by atoms with van der Waals surface area (Å²) in [6, 6.07) is 3.90. The van der Waals surface area contributed by atoms with E-state index < -0.39 is 0 Å². The van der Waals surface area contributed by atoms with Crippen LogP contribution >= 0.6 is 0 Å². The third kappa shape index (κ3) is 2.27. The van der Waals surface area contributed by atoms with E-state index in [0.717, 1.165) is 43.0 Å². The predicted octanol–water partition coefficient (Wildman–Crippen LogP) is 1.69. The summed E-state index contributed by atoms with van der Waals surface area (Å²) in [5.74, 6) is 1.03. The maximum Gasteiger partial charge on any atom is 0.139 e. The molecule has 0 spiro atoms. The van der Waals surface area contributed by atoms with Gasteiger partial charge in [-0.25, -0.2) is 4.98 Å². The molecule has 2 N–H and O–H groups in total. The zero-order valence-corrected chi connectivity index (χ0v) is 12.2. The largest absolute Gasteiger partial charge is 0.464 e. The van der Waals surface area contributed by atoms with E-state index in [0.29, 0.717) is 6.54 Å². The topological polar surface area (TPSA) is 58.5 Å². The molecule has 1 fully saturated rings. The van der Waals surface area contributed by atoms with Gasteiger partial charge in [0.1, 0.15) is 11.4 Å². The molecule has 1 aliphatic heterocycles. The molecule has 3 heterocycles. The maximum absolute atomic E-state index is 5.86. The number of fused-ring (bicyclic) bond motifs is 1. The molecule has 108 valence electrons. The molecular weight excluding hydrogens is 252 g/mol. The molecule has 0 radical (unpaired) electrons. The van der Waals surface area contributed by atoms with Crippen molar-refractivity contribution in [1.29, 1.82) is 0 Å². The van der Waals surface area contributed by atoms with E-state index in [-0.39, 0.29) is 5.54 Å². The van der Waals surface area contributed by atoms with Gasteiger partial charge in [-0.2, -0.15) is 0 Å². The van der Waals surface area contributed by atoms with Crippen LogP contribution in [0.3, 0.4) is 0 Å². The number of piperazine rings is 1. The monoisotopic (exact) mass is 274 g/mol. The fraction of sp³-hybridized carbons (Fsp3) is 0.533. The van der Waals surface area contributed by atoms with Crippen LogP contribution < -0.4 is 10.6 Å². The van der Waals surface area contributed by atoms with Crippen LogP contribution in [-0.4, -0.2) is 48.1 Å². The average Bonchev–Trinajstić information content (AvgIpc) is 2.95. The van der Waals surface area contributed by atoms with Gasteiger partial charge in [0.15, 0.2) is 0 Å². The third-order valence-corrected chi connectivity index (χ3v) is 4.29. The van der Waals surface area contributed by atoms with Crippen LogP contribution in [0.5, 0.6) is 0 Å². The molecule has 1 aliphatic rings. The smallest absolute Gasteiger partial charge is 0.139 e. The average molecular weight is 274 g/mol. The third-order valence-electron chi connectivity index (χ3n) is 4.29. The number of hydrogen-bond acceptors (Lipinski definition) is 5. The molecule has 0 aromatic carbocycles. The summed E-state index contributed by atoms with van der Waals surface area (Å²) in [6.07, 6.45) is 3.54. The molecule has 2 aromatic rings. The lowest BCUT2D eigenvalue weighted by atomic mass is 10.0. The standard InChI is InChI=1S/C15H22N4O/c1-15(2,11-16)19-8-6-18(7-9-19)14-12-4-10-20-13(12)3-5-17-14/h3-5,10H,6-9,11,16H2,1-2H3. The Bertz CT molecular complexity index is 584. The molecule has 0 aliphatic carbocycles. The summed E-state index contributed by atoms with van der Waals surface area (Å²) >= 11 is 0. The zero-order valence-electron chi connectivity index (χ0n) is 12.2. The summed E-state index contributed by atoms with van der Waals surface area (Å²) < 4.78 is 5.45. The van der Waals surface area contributed by atoms with Crippen LogP contribution in [0.1, 0.15) is 13.8 Å². The second-order valence-corrected chi connectivity index (χ2v) is 5.96. The van der Waals surface area contributed by atoms with Crippen molar-refractivity contribution in [1.82, 2.24) is 9.88 Å². The first kappa shape index (κ1) is 13.4. The Hall–Kier alpha value is -1.59. The summed E-state index contributed by atoms with van der Waals surface area (Å²) in [6.45, 7) is 9.07. The van der Waals surface area contributed by atoms with Gasteiger partial charge < -0.3 is 15.1 Å². The fourth-order valence-corrected chi connectivity index (χ4v) is 2.78. The Balaban J connectivity index is 1.77. The lowest BCUT2D eigenvalue weighted by Crippen LogP contribution is -2.57. The van der Waals surface area contributed by atoms with E-state index in [9.17, 15) is 0 Å². The number of rotatable bonds is 3. The van der Waals surface area contributed by atoms with Crippen molar-refractivity contribution in [2.24, 2.45) is 5.73 Å². The Kier molecular flexibility index (Phi) is 3.40. The Morgan fingerprint density at radius 2 is 2.00 bits per heavy atom. The minimum absolute atomic E-state index is 0.0706. The van der Waals surface area contributed by atoms with Crippen LogP contribution in [0.2, 0.25) is 0 Å². The molecule has 5 heteroatoms. The van der Waals surface area contributed by atoms with Crippen molar-refractivity contribution >= 4 is 16.8 Å². The number of anilines is 1. The predicted molar refractivity (Wildman–Crippen MR) is 80.9 cm³/mol. The van der Waals surface area contributed by atoms with E-state index in [1.54, 1.807) is 6.26 Å². The number of furan rings is 1. The highest BCUT2D eigenvalue weighted by Gasteiger charge is 2.29. The van der Waals surface area contributed by atoms with Crippen LogP contribution in [0.15, 0.2) is 29.0 Å². The van der Waals surface area contributed by atoms with Gasteiger partial charge >= 0.3 is 0 Å². The maximum atomic E-state index is 5.86. The highest BCUT2D eigenvalue weighted by atomic mass is 16.3. The molecule has 0 bridgehead atoms. The molecule has 0 atom stereocenters. The van der Waals surface area contributed by atoms with Crippen LogP contribution in [0.25, 0.3) is 11.0 Å². The van der Waals surface area contributed by atoms with E-state index in [1.807, 2.05) is 18.3 Å². The first-order valence-electron chi connectivity index (χ1n) is 7.14. The molecule has 5 nitrogen and oxygen atoms in total. The number of pyridine rings is 1. The van der Waals surface area contributed by atoms with Crippen molar-refractivity contribution in [3.63, 3.8) is 0 Å². The van der Waals surface area contributed by atoms with E-state index in [2.05, 4.69) is 28.6 Å². The van der Waals surface area contributed by atoms with E-state index >= 15 is 0 Å². The van der Waals surface area contributed by atoms with Gasteiger partial charge in [-0.3, -0.25) is 4.90 Å². The Morgan fingerprint density at radius 3 is 2.70 bits per heavy atom. The summed E-state index contributed by atoms with van der Waals surface area (Å²) in [4.78, 5) is 9.32. The summed E-state index contributed by atoms with van der Waals surface area (Å²) in [5, 5.41) is 1.10. The number of nitrogens with two attached hydrogens (primary N) is 1. The number of hydrogen-bond donors (Lipinski definition) is 1. The molecule has 0 amide bonds. The highest BCUT2D eigenvalue weighted by Crippen LogP contribution is 2.27. The molecule has 3 rings (SSSR count). The lowest BCUT2D eigenvalue weighted by Gasteiger charge is -2.43. The van der Waals surface area contributed by atoms with Gasteiger partial charge in [-0.05, 0) is 26.0 Å². The lowest BCUT2D eigenvalue weighted by molar-refractivity contribution is 0.119. The first-order valence-corrected chi connectivity index (χ1v) is 7.14. The fourth-order valence-electron chi connectivity index (χ4n) is 2.78. The van der Waals surface area contributed by atoms with Crippen molar-refractivity contribution < 1.29 is 4.42 Å². The van der Waals surface area contributed by atoms with Crippen molar-refractivity contribution in [2.45, 2.75) is 19.4 Å². The van der Waals surface area contributed by atoms with Crippen LogP contribution in [0, 0.1) is 0 Å². The molecule has 20 heavy (non-hydrogen) atoms. The zero-order chi connectivity index (χ0) is 14.2. The van der Waals surface area contributed by atoms with Crippen molar-refractivity contribution in [3.8, 4) is 0 Å². The Morgan fingerprint density at radius 1 is 1.25 bits per heavy atom. The number of nitrogens with zero attached hydrogens (tertiary/aromatic N) is 3. The van der Waals surface area contributed by atoms with Gasteiger partial charge in [-0.1, -0.05) is 0 Å². The molecule has 0 unspecified atom stereocenters. The normalized spacial score (nSPS) is 17.9. The van der Waals surface area contributed by atoms with Gasteiger partial charge in [0, 0.05) is 44.5 Å². The summed E-state index contributed by atoms with van der Waals surface area (Å²) in [5.41, 5.74) is 6.84. The van der Waals surface area contributed by atoms with Crippen molar-refractivity contribution in [3.05, 3.63) is 24.6 Å². The molecule has 0 saturated carbocycles. The Labute approximate surface area is 119 Å². The second-order valence-electron chi connectivity index (χ2n) is 5.96. The van der Waals surface area contributed by atoms with Crippen LogP contribution in [-0.2, 0) is 0 Å². The SMILES string of the molecule is CC(C)(CN)N1CCN(c2nccc3occc23)CC1. The van der Waals surface area contributed by atoms with Gasteiger partial charge in [0.2, 0.25) is 0 Å².